The molecule has 1 heterocycles. The molecule has 0 saturated heterocycles. The molecule has 35 heavy (non-hydrogen) atoms. The molecule has 0 N–H and O–H groups in total. The zero-order valence-corrected chi connectivity index (χ0v) is 20.6. The van der Waals surface area contributed by atoms with Crippen molar-refractivity contribution in [2.45, 2.75) is 31.6 Å². The van der Waals surface area contributed by atoms with Crippen molar-refractivity contribution in [2.75, 3.05) is 34.5 Å². The lowest BCUT2D eigenvalue weighted by Gasteiger charge is -2.36. The molecule has 4 rings (SSSR count). The summed E-state index contributed by atoms with van der Waals surface area (Å²) in [7, 11) is 4.78. The molecular weight excluding hydrogens is 446 g/mol. The van der Waals surface area contributed by atoms with E-state index in [0.717, 1.165) is 22.6 Å². The summed E-state index contributed by atoms with van der Waals surface area (Å²) in [4.78, 5) is 31.7. The van der Waals surface area contributed by atoms with Gasteiger partial charge in [0.15, 0.2) is 5.78 Å². The molecule has 7 nitrogen and oxygen atoms in total. The number of carbonyl (C=O) groups excluding carboxylic acids is 2. The summed E-state index contributed by atoms with van der Waals surface area (Å²) in [6, 6.07) is 15.3. The molecule has 0 aromatic heterocycles. The largest absolute Gasteiger partial charge is 0.497 e. The zero-order valence-electron chi connectivity index (χ0n) is 20.6. The Morgan fingerprint density at radius 2 is 1.69 bits per heavy atom. The van der Waals surface area contributed by atoms with Crippen LogP contribution in [0, 0.1) is 5.92 Å². The van der Waals surface area contributed by atoms with Crippen LogP contribution in [-0.2, 0) is 19.1 Å². The van der Waals surface area contributed by atoms with E-state index in [1.165, 1.54) is 0 Å². The highest BCUT2D eigenvalue weighted by atomic mass is 16.6. The lowest BCUT2D eigenvalue weighted by Crippen LogP contribution is -2.38. The second kappa shape index (κ2) is 10.9. The number of ketones is 1. The molecule has 1 aliphatic carbocycles. The Morgan fingerprint density at radius 3 is 2.37 bits per heavy atom. The van der Waals surface area contributed by atoms with Gasteiger partial charge in [-0.1, -0.05) is 24.3 Å². The number of nitrogens with zero attached hydrogens (tertiary/aromatic N) is 1. The molecule has 0 bridgehead atoms. The Bertz CT molecular complexity index is 1150. The van der Waals surface area contributed by atoms with Gasteiger partial charge in [-0.05, 0) is 54.7 Å². The van der Waals surface area contributed by atoms with Crippen LogP contribution < -0.4 is 9.47 Å². The van der Waals surface area contributed by atoms with Gasteiger partial charge in [0.2, 0.25) is 0 Å². The summed E-state index contributed by atoms with van der Waals surface area (Å²) in [6.07, 6.45) is 0.974. The van der Waals surface area contributed by atoms with E-state index in [9.17, 15) is 9.59 Å². The van der Waals surface area contributed by atoms with Gasteiger partial charge in [-0.3, -0.25) is 14.6 Å². The molecular formula is C28H31NO6. The number of methoxy groups -OCH3 is 3. The fraction of sp³-hybridized carbons (Fsp3) is 0.393. The van der Waals surface area contributed by atoms with Crippen LogP contribution in [-0.4, -0.2) is 52.0 Å². The third-order valence-corrected chi connectivity index (χ3v) is 6.71. The molecule has 1 unspecified atom stereocenters. The number of aliphatic imine (C=N–C) groups is 1. The van der Waals surface area contributed by atoms with Crippen molar-refractivity contribution in [1.29, 1.82) is 0 Å². The fourth-order valence-electron chi connectivity index (χ4n) is 4.99. The minimum absolute atomic E-state index is 0.00540. The number of Topliss-reactive ketones (excluding diaryl/α,β-unsaturated/α-hetero) is 1. The van der Waals surface area contributed by atoms with Gasteiger partial charge in [-0.2, -0.15) is 0 Å². The number of allylic oxidation sites excluding steroid dienone is 2. The monoisotopic (exact) mass is 477 g/mol. The molecule has 184 valence electrons. The highest BCUT2D eigenvalue weighted by molar-refractivity contribution is 6.09. The normalized spacial score (nSPS) is 21.8. The van der Waals surface area contributed by atoms with Crippen molar-refractivity contribution in [1.82, 2.24) is 0 Å². The van der Waals surface area contributed by atoms with Gasteiger partial charge < -0.3 is 18.9 Å². The van der Waals surface area contributed by atoms with Crippen molar-refractivity contribution in [3.05, 3.63) is 70.9 Å². The second-order valence-electron chi connectivity index (χ2n) is 8.81. The third kappa shape index (κ3) is 5.15. The van der Waals surface area contributed by atoms with Gasteiger partial charge in [0.25, 0.3) is 0 Å². The Hall–Kier alpha value is -3.45. The maximum Gasteiger partial charge on any atom is 0.315 e. The van der Waals surface area contributed by atoms with E-state index in [2.05, 4.69) is 0 Å². The quantitative estimate of drug-likeness (QED) is 0.412. The molecule has 0 radical (unpaired) electrons. The van der Waals surface area contributed by atoms with Gasteiger partial charge in [0.1, 0.15) is 24.0 Å². The summed E-state index contributed by atoms with van der Waals surface area (Å²) in [5.74, 6) is -0.138. The SMILES string of the molecule is COCCOC(=O)C1C(C)=NC2=C(C(=O)C[C@H](c3ccc(OC)cc3)C2)[C@@H]1c1cccc(OC)c1. The van der Waals surface area contributed by atoms with Crippen molar-refractivity contribution in [3.63, 3.8) is 0 Å². The molecule has 0 spiro atoms. The summed E-state index contributed by atoms with van der Waals surface area (Å²) in [5, 5.41) is 0. The Kier molecular flexibility index (Phi) is 7.66. The van der Waals surface area contributed by atoms with Crippen LogP contribution in [0.5, 0.6) is 11.5 Å². The van der Waals surface area contributed by atoms with E-state index in [4.69, 9.17) is 23.9 Å². The Morgan fingerprint density at radius 1 is 0.943 bits per heavy atom. The molecule has 0 saturated carbocycles. The molecule has 3 atom stereocenters. The second-order valence-corrected chi connectivity index (χ2v) is 8.81. The van der Waals surface area contributed by atoms with Crippen molar-refractivity contribution < 1.29 is 28.5 Å². The maximum atomic E-state index is 13.7. The van der Waals surface area contributed by atoms with E-state index >= 15 is 0 Å². The highest BCUT2D eigenvalue weighted by Gasteiger charge is 2.44. The average Bonchev–Trinajstić information content (AvgIpc) is 2.87. The first-order chi connectivity index (χ1) is 17.0. The molecule has 2 aliphatic rings. The third-order valence-electron chi connectivity index (χ3n) is 6.71. The summed E-state index contributed by atoms with van der Waals surface area (Å²) in [5.41, 5.74) is 3.88. The summed E-state index contributed by atoms with van der Waals surface area (Å²) in [6.45, 7) is 2.28. The van der Waals surface area contributed by atoms with Crippen LogP contribution >= 0.6 is 0 Å². The lowest BCUT2D eigenvalue weighted by molar-refractivity contribution is -0.147. The molecule has 0 fully saturated rings. The van der Waals surface area contributed by atoms with Gasteiger partial charge in [-0.15, -0.1) is 0 Å². The number of hydrogen-bond acceptors (Lipinski definition) is 7. The van der Waals surface area contributed by atoms with E-state index < -0.39 is 17.8 Å². The van der Waals surface area contributed by atoms with Gasteiger partial charge in [0, 0.05) is 36.4 Å². The van der Waals surface area contributed by atoms with Gasteiger partial charge in [0.05, 0.1) is 20.8 Å². The molecule has 2 aromatic carbocycles. The predicted molar refractivity (Wildman–Crippen MR) is 132 cm³/mol. The van der Waals surface area contributed by atoms with Gasteiger partial charge >= 0.3 is 5.97 Å². The van der Waals surface area contributed by atoms with E-state index in [0.29, 0.717) is 36.5 Å². The number of rotatable bonds is 8. The number of benzene rings is 2. The highest BCUT2D eigenvalue weighted by Crippen LogP contribution is 2.47. The summed E-state index contributed by atoms with van der Waals surface area (Å²) >= 11 is 0. The van der Waals surface area contributed by atoms with Gasteiger partial charge in [-0.25, -0.2) is 0 Å². The van der Waals surface area contributed by atoms with Crippen molar-refractivity contribution in [2.24, 2.45) is 10.9 Å². The first-order valence-electron chi connectivity index (χ1n) is 11.7. The molecule has 0 amide bonds. The molecule has 7 heteroatoms. The minimum atomic E-state index is -0.695. The zero-order chi connectivity index (χ0) is 24.9. The minimum Gasteiger partial charge on any atom is -0.497 e. The standard InChI is InChI=1S/C28H31NO6/c1-17-25(28(31)35-13-12-32-2)26(19-6-5-7-22(14-19)34-4)27-23(29-17)15-20(16-24(27)30)18-8-10-21(33-3)11-9-18/h5-11,14,20,25-26H,12-13,15-16H2,1-4H3/t20-,25?,26-/m1/s1. The van der Waals surface area contributed by atoms with E-state index in [1.54, 1.807) is 21.3 Å². The summed E-state index contributed by atoms with van der Waals surface area (Å²) < 4.78 is 21.2. The maximum absolute atomic E-state index is 13.7. The van der Waals surface area contributed by atoms with Crippen LogP contribution in [0.4, 0.5) is 0 Å². The predicted octanol–water partition coefficient (Wildman–Crippen LogP) is 4.47. The average molecular weight is 478 g/mol. The van der Waals surface area contributed by atoms with Crippen molar-refractivity contribution >= 4 is 17.5 Å². The topological polar surface area (TPSA) is 83.4 Å². The Labute approximate surface area is 205 Å². The molecule has 2 aromatic rings. The van der Waals surface area contributed by atoms with Crippen LogP contribution in [0.15, 0.2) is 64.8 Å². The smallest absolute Gasteiger partial charge is 0.315 e. The van der Waals surface area contributed by atoms with Crippen LogP contribution in [0.1, 0.15) is 42.7 Å². The van der Waals surface area contributed by atoms with Crippen LogP contribution in [0.25, 0.3) is 0 Å². The number of hydrogen-bond donors (Lipinski definition) is 0. The van der Waals surface area contributed by atoms with Crippen LogP contribution in [0.2, 0.25) is 0 Å². The number of carbonyl (C=O) groups is 2. The van der Waals surface area contributed by atoms with Crippen LogP contribution in [0.3, 0.4) is 0 Å². The fourth-order valence-corrected chi connectivity index (χ4v) is 4.99. The van der Waals surface area contributed by atoms with Crippen molar-refractivity contribution in [3.8, 4) is 11.5 Å². The Balaban J connectivity index is 1.74. The van der Waals surface area contributed by atoms with E-state index in [-0.39, 0.29) is 18.3 Å². The number of esters is 1. The first-order valence-corrected chi connectivity index (χ1v) is 11.7. The first kappa shape index (κ1) is 24.7. The molecule has 1 aliphatic heterocycles. The number of ether oxygens (including phenoxy) is 4. The van der Waals surface area contributed by atoms with E-state index in [1.807, 2.05) is 55.5 Å². The lowest BCUT2D eigenvalue weighted by atomic mass is 9.69.